The van der Waals surface area contributed by atoms with E-state index in [4.69, 9.17) is 23.8 Å². The summed E-state index contributed by atoms with van der Waals surface area (Å²) in [5.74, 6) is -1.11. The van der Waals surface area contributed by atoms with Crippen LogP contribution in [0.15, 0.2) is 66.1 Å². The zero-order chi connectivity index (χ0) is 22.1. The Labute approximate surface area is 193 Å². The highest BCUT2D eigenvalue weighted by molar-refractivity contribution is 8.26. The molecule has 0 radical (unpaired) electrons. The highest BCUT2D eigenvalue weighted by Crippen LogP contribution is 2.44. The lowest BCUT2D eigenvalue weighted by Crippen LogP contribution is -2.35. The maximum absolute atomic E-state index is 13.3. The van der Waals surface area contributed by atoms with E-state index in [0.717, 1.165) is 11.8 Å². The first-order valence-electron chi connectivity index (χ1n) is 9.26. The lowest BCUT2D eigenvalue weighted by Gasteiger charge is -2.16. The number of carbonyl (C=O) groups is 3. The van der Waals surface area contributed by atoms with Crippen LogP contribution in [-0.2, 0) is 14.4 Å². The lowest BCUT2D eigenvalue weighted by atomic mass is 10.1. The number of nitrogens with zero attached hydrogens (tertiary/aromatic N) is 2. The number of benzene rings is 2. The van der Waals surface area contributed by atoms with Crippen LogP contribution in [0.1, 0.15) is 5.56 Å². The molecule has 1 N–H and O–H groups in total. The van der Waals surface area contributed by atoms with Crippen molar-refractivity contribution in [2.45, 2.75) is 0 Å². The molecule has 2 heterocycles. The molecule has 31 heavy (non-hydrogen) atoms. The molecule has 4 rings (SSSR count). The predicted molar refractivity (Wildman–Crippen MR) is 128 cm³/mol. The molecule has 156 valence electrons. The van der Waals surface area contributed by atoms with Gasteiger partial charge < -0.3 is 5.32 Å². The number of thiocarbonyl (C=S) groups is 1. The summed E-state index contributed by atoms with van der Waals surface area (Å²) in [6, 6.07) is 13.8. The minimum atomic E-state index is -0.411. The van der Waals surface area contributed by atoms with Crippen molar-refractivity contribution < 1.29 is 14.4 Å². The van der Waals surface area contributed by atoms with E-state index in [1.165, 1.54) is 9.80 Å². The number of nitrogens with one attached hydrogen (secondary N) is 1. The van der Waals surface area contributed by atoms with Crippen molar-refractivity contribution in [2.75, 3.05) is 23.3 Å². The maximum Gasteiger partial charge on any atom is 0.267 e. The largest absolute Gasteiger partial charge is 0.325 e. The average molecular weight is 470 g/mol. The van der Waals surface area contributed by atoms with Gasteiger partial charge in [0.2, 0.25) is 5.91 Å². The molecule has 0 aromatic heterocycles. The van der Waals surface area contributed by atoms with Crippen LogP contribution in [-0.4, -0.2) is 40.0 Å². The van der Waals surface area contributed by atoms with Crippen LogP contribution in [0, 0.1) is 0 Å². The van der Waals surface area contributed by atoms with Crippen molar-refractivity contribution in [1.82, 2.24) is 4.90 Å². The summed E-state index contributed by atoms with van der Waals surface area (Å²) in [5.41, 5.74) is 2.01. The molecule has 0 atom stereocenters. The topological polar surface area (TPSA) is 69.7 Å². The monoisotopic (exact) mass is 469 g/mol. The van der Waals surface area contributed by atoms with Gasteiger partial charge in [-0.15, -0.1) is 6.58 Å². The van der Waals surface area contributed by atoms with E-state index in [1.807, 2.05) is 0 Å². The van der Waals surface area contributed by atoms with Crippen LogP contribution < -0.4 is 10.2 Å². The van der Waals surface area contributed by atoms with Crippen LogP contribution in [0.3, 0.4) is 0 Å². The Kier molecular flexibility index (Phi) is 5.95. The van der Waals surface area contributed by atoms with Crippen molar-refractivity contribution in [3.8, 4) is 0 Å². The minimum Gasteiger partial charge on any atom is -0.325 e. The maximum atomic E-state index is 13.3. The highest BCUT2D eigenvalue weighted by atomic mass is 35.5. The summed E-state index contributed by atoms with van der Waals surface area (Å²) < 4.78 is 0.372. The van der Waals surface area contributed by atoms with Crippen molar-refractivity contribution >= 4 is 74.6 Å². The van der Waals surface area contributed by atoms with E-state index in [1.54, 1.807) is 54.6 Å². The number of thioether (sulfide) groups is 1. The number of carbonyl (C=O) groups excluding carboxylic acids is 3. The fraction of sp³-hybridized carbons (Fsp3) is 0.0909. The molecule has 2 aliphatic heterocycles. The number of hydrogen-bond donors (Lipinski definition) is 1. The third-order valence-electron chi connectivity index (χ3n) is 4.74. The Balaban J connectivity index is 1.64. The number of para-hydroxylation sites is 1. The third kappa shape index (κ3) is 4.01. The number of rotatable bonds is 5. The van der Waals surface area contributed by atoms with E-state index in [9.17, 15) is 14.4 Å². The minimum absolute atomic E-state index is 0.199. The quantitative estimate of drug-likeness (QED) is 0.406. The molecule has 0 bridgehead atoms. The second-order valence-electron chi connectivity index (χ2n) is 6.74. The van der Waals surface area contributed by atoms with Gasteiger partial charge in [-0.25, -0.2) is 0 Å². The lowest BCUT2D eigenvalue weighted by molar-refractivity contribution is -0.122. The molecule has 0 saturated carbocycles. The van der Waals surface area contributed by atoms with Gasteiger partial charge in [0, 0.05) is 22.8 Å². The molecule has 3 amide bonds. The number of fused-ring (bicyclic) bond motifs is 1. The van der Waals surface area contributed by atoms with Crippen LogP contribution in [0.4, 0.5) is 11.4 Å². The van der Waals surface area contributed by atoms with Crippen LogP contribution in [0.25, 0.3) is 5.57 Å². The second kappa shape index (κ2) is 8.66. The molecule has 1 saturated heterocycles. The number of hydrogen-bond acceptors (Lipinski definition) is 5. The summed E-state index contributed by atoms with van der Waals surface area (Å²) >= 11 is 12.3. The summed E-state index contributed by atoms with van der Waals surface area (Å²) in [4.78, 5) is 41.9. The molecule has 0 aliphatic carbocycles. The Morgan fingerprint density at radius 2 is 1.81 bits per heavy atom. The van der Waals surface area contributed by atoms with Gasteiger partial charge >= 0.3 is 0 Å². The zero-order valence-electron chi connectivity index (χ0n) is 16.1. The third-order valence-corrected chi connectivity index (χ3v) is 6.44. The SMILES string of the molecule is C=CCN1C(=O)/C(=C2/C(=O)N(CC(=O)Nc3ccc(Cl)cc3)c3ccccc32)SC1=S. The van der Waals surface area contributed by atoms with Crippen molar-refractivity contribution in [3.05, 3.63) is 76.7 Å². The van der Waals surface area contributed by atoms with Gasteiger partial charge in [-0.1, -0.05) is 59.9 Å². The second-order valence-corrected chi connectivity index (χ2v) is 8.82. The molecule has 1 fully saturated rings. The van der Waals surface area contributed by atoms with Crippen LogP contribution in [0.5, 0.6) is 0 Å². The first-order valence-corrected chi connectivity index (χ1v) is 10.9. The highest BCUT2D eigenvalue weighted by Gasteiger charge is 2.42. The Morgan fingerprint density at radius 3 is 2.52 bits per heavy atom. The van der Waals surface area contributed by atoms with E-state index < -0.39 is 5.91 Å². The molecule has 2 aromatic carbocycles. The number of amides is 3. The van der Waals surface area contributed by atoms with E-state index in [-0.39, 0.29) is 35.4 Å². The van der Waals surface area contributed by atoms with Gasteiger partial charge in [0.1, 0.15) is 10.9 Å². The summed E-state index contributed by atoms with van der Waals surface area (Å²) in [7, 11) is 0. The zero-order valence-corrected chi connectivity index (χ0v) is 18.5. The molecular formula is C22H16ClN3O3S2. The molecule has 9 heteroatoms. The predicted octanol–water partition coefficient (Wildman–Crippen LogP) is 4.08. The van der Waals surface area contributed by atoms with Gasteiger partial charge in [0.15, 0.2) is 0 Å². The standard InChI is InChI=1S/C22H16ClN3O3S2/c1-2-11-25-21(29)19(31-22(25)30)18-15-5-3-4-6-16(15)26(20(18)28)12-17(27)24-14-9-7-13(23)8-10-14/h2-10H,1,11-12H2,(H,24,27)/b19-18-. The van der Waals surface area contributed by atoms with Crippen LogP contribution >= 0.6 is 35.6 Å². The molecule has 0 unspecified atom stereocenters. The van der Waals surface area contributed by atoms with Crippen molar-refractivity contribution in [1.29, 1.82) is 0 Å². The van der Waals surface area contributed by atoms with E-state index >= 15 is 0 Å². The number of halogens is 1. The van der Waals surface area contributed by atoms with Crippen molar-refractivity contribution in [3.63, 3.8) is 0 Å². The molecule has 0 spiro atoms. The summed E-state index contributed by atoms with van der Waals surface area (Å²) in [6.07, 6.45) is 1.58. The molecule has 2 aliphatic rings. The van der Waals surface area contributed by atoms with Gasteiger partial charge in [0.25, 0.3) is 11.8 Å². The molecule has 6 nitrogen and oxygen atoms in total. The fourth-order valence-electron chi connectivity index (χ4n) is 3.37. The molecule has 2 aromatic rings. The normalized spacial score (nSPS) is 17.9. The Morgan fingerprint density at radius 1 is 1.10 bits per heavy atom. The first-order chi connectivity index (χ1) is 14.9. The summed E-state index contributed by atoms with van der Waals surface area (Å²) in [5, 5.41) is 3.31. The van der Waals surface area contributed by atoms with E-state index in [2.05, 4.69) is 11.9 Å². The van der Waals surface area contributed by atoms with Crippen molar-refractivity contribution in [2.24, 2.45) is 0 Å². The van der Waals surface area contributed by atoms with E-state index in [0.29, 0.717) is 26.3 Å². The average Bonchev–Trinajstić information content (AvgIpc) is 3.18. The fourth-order valence-corrected chi connectivity index (χ4v) is 4.84. The van der Waals surface area contributed by atoms with Crippen LogP contribution in [0.2, 0.25) is 5.02 Å². The van der Waals surface area contributed by atoms with Gasteiger partial charge in [-0.2, -0.15) is 0 Å². The molecular weight excluding hydrogens is 454 g/mol. The first kappa shape index (κ1) is 21.3. The summed E-state index contributed by atoms with van der Waals surface area (Å²) in [6.45, 7) is 3.71. The Hall–Kier alpha value is -2.94. The number of anilines is 2. The smallest absolute Gasteiger partial charge is 0.267 e. The van der Waals surface area contributed by atoms with Gasteiger partial charge in [-0.05, 0) is 30.3 Å². The van der Waals surface area contributed by atoms with Gasteiger partial charge in [0.05, 0.1) is 16.2 Å². The Bertz CT molecular complexity index is 1160. The van der Waals surface area contributed by atoms with Gasteiger partial charge in [-0.3, -0.25) is 24.2 Å².